The predicted molar refractivity (Wildman–Crippen MR) is 85.3 cm³/mol. The number of hydrogen-bond donors (Lipinski definition) is 0. The van der Waals surface area contributed by atoms with Gasteiger partial charge in [-0.1, -0.05) is 6.92 Å². The van der Waals surface area contributed by atoms with Gasteiger partial charge in [0.15, 0.2) is 0 Å². The van der Waals surface area contributed by atoms with E-state index in [-0.39, 0.29) is 18.0 Å². The average molecular weight is 325 g/mol. The topological polar surface area (TPSA) is 55.8 Å². The van der Waals surface area contributed by atoms with E-state index in [0.29, 0.717) is 25.3 Å². The number of hydrogen-bond acceptors (Lipinski definition) is 5. The highest BCUT2D eigenvalue weighted by Gasteiger charge is 2.33. The summed E-state index contributed by atoms with van der Waals surface area (Å²) in [6, 6.07) is 0. The van der Waals surface area contributed by atoms with Crippen LogP contribution in [0.5, 0.6) is 0 Å². The van der Waals surface area contributed by atoms with E-state index in [4.69, 9.17) is 9.47 Å². The Morgan fingerprint density at radius 1 is 1.41 bits per heavy atom. The minimum atomic E-state index is -0.508. The summed E-state index contributed by atoms with van der Waals surface area (Å²) in [4.78, 5) is 27.0. The Hall–Kier alpha value is -1.56. The van der Waals surface area contributed by atoms with Crippen LogP contribution in [0.25, 0.3) is 0 Å². The van der Waals surface area contributed by atoms with Crippen molar-refractivity contribution in [2.45, 2.75) is 52.7 Å². The number of ether oxygens (including phenoxy) is 2. The van der Waals surface area contributed by atoms with Gasteiger partial charge in [0.1, 0.15) is 5.60 Å². The molecule has 0 N–H and O–H groups in total. The molecule has 1 aliphatic heterocycles. The van der Waals surface area contributed by atoms with Crippen LogP contribution in [0.15, 0.2) is 5.38 Å². The largest absolute Gasteiger partial charge is 0.462 e. The highest BCUT2D eigenvalue weighted by molar-refractivity contribution is 7.10. The fourth-order valence-electron chi connectivity index (χ4n) is 2.56. The molecule has 1 amide bonds. The van der Waals surface area contributed by atoms with Gasteiger partial charge in [-0.3, -0.25) is 0 Å². The Morgan fingerprint density at radius 2 is 2.09 bits per heavy atom. The van der Waals surface area contributed by atoms with Crippen LogP contribution in [0.4, 0.5) is 4.79 Å². The van der Waals surface area contributed by atoms with Gasteiger partial charge in [0, 0.05) is 22.7 Å². The fourth-order valence-corrected chi connectivity index (χ4v) is 3.71. The summed E-state index contributed by atoms with van der Waals surface area (Å²) in [5, 5.41) is 1.83. The lowest BCUT2D eigenvalue weighted by Crippen LogP contribution is -2.40. The average Bonchev–Trinajstić information content (AvgIpc) is 2.81. The van der Waals surface area contributed by atoms with Crippen molar-refractivity contribution in [1.82, 2.24) is 4.90 Å². The minimum absolute atomic E-state index is 0.0851. The molecule has 122 valence electrons. The molecule has 2 rings (SSSR count). The van der Waals surface area contributed by atoms with Crippen molar-refractivity contribution >= 4 is 23.4 Å². The van der Waals surface area contributed by atoms with Crippen LogP contribution >= 0.6 is 11.3 Å². The molecule has 1 aromatic heterocycles. The van der Waals surface area contributed by atoms with Crippen LogP contribution in [-0.4, -0.2) is 35.7 Å². The van der Waals surface area contributed by atoms with Gasteiger partial charge in [-0.05, 0) is 33.3 Å². The van der Waals surface area contributed by atoms with Crippen LogP contribution in [0.2, 0.25) is 0 Å². The van der Waals surface area contributed by atoms with Gasteiger partial charge in [0.2, 0.25) is 0 Å². The van der Waals surface area contributed by atoms with Gasteiger partial charge in [-0.25, -0.2) is 9.59 Å². The maximum atomic E-state index is 12.2. The lowest BCUT2D eigenvalue weighted by molar-refractivity contribution is 0.0211. The summed E-state index contributed by atoms with van der Waals surface area (Å²) in [5.74, 6) is -0.195. The summed E-state index contributed by atoms with van der Waals surface area (Å²) < 4.78 is 10.5. The van der Waals surface area contributed by atoms with E-state index in [1.54, 1.807) is 11.8 Å². The number of amides is 1. The first-order valence-electron chi connectivity index (χ1n) is 7.48. The van der Waals surface area contributed by atoms with Crippen LogP contribution in [-0.2, 0) is 16.0 Å². The number of carbonyl (C=O) groups is 2. The van der Waals surface area contributed by atoms with Crippen molar-refractivity contribution in [2.24, 2.45) is 0 Å². The van der Waals surface area contributed by atoms with E-state index < -0.39 is 5.60 Å². The number of thiophene rings is 1. The van der Waals surface area contributed by atoms with E-state index >= 15 is 0 Å². The first-order chi connectivity index (χ1) is 10.2. The van der Waals surface area contributed by atoms with Crippen molar-refractivity contribution in [3.8, 4) is 0 Å². The highest BCUT2D eigenvalue weighted by Crippen LogP contribution is 2.36. The number of carbonyl (C=O) groups excluding carboxylic acids is 2. The predicted octanol–water partition coefficient (Wildman–Crippen LogP) is 3.78. The first-order valence-corrected chi connectivity index (χ1v) is 8.36. The van der Waals surface area contributed by atoms with Gasteiger partial charge < -0.3 is 14.4 Å². The smallest absolute Gasteiger partial charge is 0.410 e. The summed E-state index contributed by atoms with van der Waals surface area (Å²) >= 11 is 1.50. The Morgan fingerprint density at radius 3 is 2.68 bits per heavy atom. The maximum absolute atomic E-state index is 12.2. The molecule has 1 aliphatic rings. The molecule has 0 radical (unpaired) electrons. The molecular formula is C16H23NO4S. The SMILES string of the molecule is CCOC(=O)c1csc2c1C(C)CN(C(=O)OC(C)(C)C)C2. The lowest BCUT2D eigenvalue weighted by atomic mass is 9.93. The van der Waals surface area contributed by atoms with Gasteiger partial charge >= 0.3 is 12.1 Å². The maximum Gasteiger partial charge on any atom is 0.410 e. The van der Waals surface area contributed by atoms with Crippen LogP contribution in [0, 0.1) is 0 Å². The van der Waals surface area contributed by atoms with E-state index in [1.807, 2.05) is 33.1 Å². The first kappa shape index (κ1) is 16.8. The Kier molecular flexibility index (Phi) is 4.80. The number of rotatable bonds is 2. The Balaban J connectivity index is 2.18. The molecule has 5 nitrogen and oxygen atoms in total. The van der Waals surface area contributed by atoms with E-state index in [2.05, 4.69) is 0 Å². The number of fused-ring (bicyclic) bond motifs is 1. The second-order valence-electron chi connectivity index (χ2n) is 6.47. The van der Waals surface area contributed by atoms with Crippen LogP contribution in [0.1, 0.15) is 61.3 Å². The van der Waals surface area contributed by atoms with Crippen molar-refractivity contribution < 1.29 is 19.1 Å². The molecule has 22 heavy (non-hydrogen) atoms. The van der Waals surface area contributed by atoms with E-state index in [1.165, 1.54) is 11.3 Å². The van der Waals surface area contributed by atoms with Gasteiger partial charge in [0.05, 0.1) is 18.7 Å². The number of nitrogens with zero attached hydrogens (tertiary/aromatic N) is 1. The summed E-state index contributed by atoms with van der Waals surface area (Å²) in [6.07, 6.45) is -0.309. The zero-order valence-electron chi connectivity index (χ0n) is 13.8. The molecule has 0 aliphatic carbocycles. The molecule has 0 spiro atoms. The monoisotopic (exact) mass is 325 g/mol. The van der Waals surface area contributed by atoms with Crippen molar-refractivity contribution in [2.75, 3.05) is 13.2 Å². The molecule has 1 unspecified atom stereocenters. The second kappa shape index (κ2) is 6.28. The number of esters is 1. The molecule has 0 fully saturated rings. The highest BCUT2D eigenvalue weighted by atomic mass is 32.1. The summed E-state index contributed by atoms with van der Waals surface area (Å²) in [5.41, 5.74) is 1.15. The standard InChI is InChI=1S/C16H23NO4S/c1-6-20-14(18)11-9-22-12-8-17(7-10(2)13(11)12)15(19)21-16(3,4)5/h9-10H,6-8H2,1-5H3. The molecule has 0 saturated carbocycles. The molecule has 1 atom stereocenters. The third kappa shape index (κ3) is 3.61. The molecule has 0 aromatic carbocycles. The molecule has 1 aromatic rings. The van der Waals surface area contributed by atoms with E-state index in [0.717, 1.165) is 10.4 Å². The van der Waals surface area contributed by atoms with Crippen molar-refractivity contribution in [1.29, 1.82) is 0 Å². The van der Waals surface area contributed by atoms with Gasteiger partial charge in [-0.15, -0.1) is 11.3 Å². The normalized spacial score (nSPS) is 17.9. The van der Waals surface area contributed by atoms with Gasteiger partial charge in [-0.2, -0.15) is 0 Å². The minimum Gasteiger partial charge on any atom is -0.462 e. The quantitative estimate of drug-likeness (QED) is 0.777. The molecule has 0 bridgehead atoms. The van der Waals surface area contributed by atoms with Crippen molar-refractivity contribution in [3.63, 3.8) is 0 Å². The third-order valence-corrected chi connectivity index (χ3v) is 4.37. The fraction of sp³-hybridized carbons (Fsp3) is 0.625. The zero-order chi connectivity index (χ0) is 16.5. The van der Waals surface area contributed by atoms with Gasteiger partial charge in [0.25, 0.3) is 0 Å². The molecular weight excluding hydrogens is 302 g/mol. The molecule has 0 saturated heterocycles. The molecule has 6 heteroatoms. The van der Waals surface area contributed by atoms with Crippen molar-refractivity contribution in [3.05, 3.63) is 21.4 Å². The molecule has 2 heterocycles. The third-order valence-electron chi connectivity index (χ3n) is 3.38. The summed E-state index contributed by atoms with van der Waals surface area (Å²) in [6.45, 7) is 10.8. The van der Waals surface area contributed by atoms with Crippen LogP contribution < -0.4 is 0 Å². The lowest BCUT2D eigenvalue weighted by Gasteiger charge is -2.33. The van der Waals surface area contributed by atoms with E-state index in [9.17, 15) is 9.59 Å². The second-order valence-corrected chi connectivity index (χ2v) is 7.43. The Labute approximate surface area is 135 Å². The summed E-state index contributed by atoms with van der Waals surface area (Å²) in [7, 11) is 0. The van der Waals surface area contributed by atoms with Crippen LogP contribution in [0.3, 0.4) is 0 Å². The Bertz CT molecular complexity index is 573. The zero-order valence-corrected chi connectivity index (χ0v) is 14.6.